The van der Waals surface area contributed by atoms with E-state index in [1.54, 1.807) is 0 Å². The van der Waals surface area contributed by atoms with E-state index in [0.29, 0.717) is 6.61 Å². The lowest BCUT2D eigenvalue weighted by atomic mass is 9.73. The van der Waals surface area contributed by atoms with Crippen molar-refractivity contribution in [3.8, 4) is 0 Å². The summed E-state index contributed by atoms with van der Waals surface area (Å²) >= 11 is 0. The second kappa shape index (κ2) is 8.38. The van der Waals surface area contributed by atoms with Gasteiger partial charge in [-0.05, 0) is 70.4 Å². The average molecular weight is 434 g/mol. The van der Waals surface area contributed by atoms with Gasteiger partial charge in [0.15, 0.2) is 0 Å². The highest BCUT2D eigenvalue weighted by atomic mass is 16.6. The number of rotatable bonds is 6. The predicted octanol–water partition coefficient (Wildman–Crippen LogP) is 2.71. The van der Waals surface area contributed by atoms with Crippen molar-refractivity contribution in [3.05, 3.63) is 0 Å². The molecule has 5 aliphatic rings. The van der Waals surface area contributed by atoms with Crippen molar-refractivity contribution in [1.82, 2.24) is 4.90 Å². The molecule has 5 rings (SSSR count). The number of piperidine rings is 1. The smallest absolute Gasteiger partial charge is 0.320 e. The van der Waals surface area contributed by atoms with Gasteiger partial charge in [0.1, 0.15) is 11.7 Å². The van der Waals surface area contributed by atoms with Crippen LogP contribution in [0.15, 0.2) is 0 Å². The zero-order chi connectivity index (χ0) is 21.6. The summed E-state index contributed by atoms with van der Waals surface area (Å²) in [6.07, 6.45) is 8.40. The van der Waals surface area contributed by atoms with Crippen LogP contribution in [0, 0.1) is 29.6 Å². The fraction of sp³-hybridized carbons (Fsp3) is 0.875. The second-order valence-corrected chi connectivity index (χ2v) is 10.4. The molecule has 5 fully saturated rings. The summed E-state index contributed by atoms with van der Waals surface area (Å²) in [4.78, 5) is 40.8. The highest BCUT2D eigenvalue weighted by Gasteiger charge is 2.67. The number of esters is 3. The zero-order valence-electron chi connectivity index (χ0n) is 18.6. The standard InChI is InChI=1S/C24H35NO6/c1-2-24(8-4-5-9-24)31-23(28)20-16-12-15(17-14-29-22(27)19(16)17)21(20)30-18(26)13-25-10-6-3-7-11-25/h15-17,19-21H,2-14H2,1H3. The van der Waals surface area contributed by atoms with E-state index in [4.69, 9.17) is 14.2 Å². The summed E-state index contributed by atoms with van der Waals surface area (Å²) in [5.74, 6) is -1.60. The fourth-order valence-corrected chi connectivity index (χ4v) is 7.12. The molecule has 0 aromatic heterocycles. The number of cyclic esters (lactones) is 1. The number of nitrogens with zero attached hydrogens (tertiary/aromatic N) is 1. The third-order valence-corrected chi connectivity index (χ3v) is 8.76. The van der Waals surface area contributed by atoms with Gasteiger partial charge < -0.3 is 14.2 Å². The molecule has 0 radical (unpaired) electrons. The molecule has 7 nitrogen and oxygen atoms in total. The number of hydrogen-bond acceptors (Lipinski definition) is 7. The first-order valence-corrected chi connectivity index (χ1v) is 12.3. The van der Waals surface area contributed by atoms with Crippen LogP contribution in [0.4, 0.5) is 0 Å². The molecule has 2 heterocycles. The average Bonchev–Trinajstić information content (AvgIpc) is 3.52. The minimum Gasteiger partial charge on any atom is -0.465 e. The Kier molecular flexibility index (Phi) is 5.74. The molecule has 2 bridgehead atoms. The number of hydrogen-bond donors (Lipinski definition) is 0. The lowest BCUT2D eigenvalue weighted by Gasteiger charge is -2.37. The van der Waals surface area contributed by atoms with Gasteiger partial charge in [-0.3, -0.25) is 19.3 Å². The van der Waals surface area contributed by atoms with Crippen molar-refractivity contribution in [2.24, 2.45) is 29.6 Å². The molecule has 2 aliphatic heterocycles. The van der Waals surface area contributed by atoms with E-state index in [0.717, 1.165) is 64.5 Å². The summed E-state index contributed by atoms with van der Waals surface area (Å²) in [5, 5.41) is 0. The number of carbonyl (C=O) groups excluding carboxylic acids is 3. The molecule has 31 heavy (non-hydrogen) atoms. The summed E-state index contributed by atoms with van der Waals surface area (Å²) in [6.45, 7) is 4.57. The first kappa shape index (κ1) is 21.2. The van der Waals surface area contributed by atoms with Gasteiger partial charge in [0.25, 0.3) is 0 Å². The maximum Gasteiger partial charge on any atom is 0.320 e. The molecule has 0 aromatic carbocycles. The Morgan fingerprint density at radius 2 is 1.81 bits per heavy atom. The molecule has 6 atom stereocenters. The van der Waals surface area contributed by atoms with E-state index in [1.807, 2.05) is 0 Å². The number of fused-ring (bicyclic) bond motifs is 5. The van der Waals surface area contributed by atoms with Crippen LogP contribution in [-0.2, 0) is 28.6 Å². The van der Waals surface area contributed by atoms with Crippen LogP contribution in [0.3, 0.4) is 0 Å². The number of likely N-dealkylation sites (tertiary alicyclic amines) is 1. The van der Waals surface area contributed by atoms with Gasteiger partial charge in [-0.1, -0.05) is 13.3 Å². The zero-order valence-corrected chi connectivity index (χ0v) is 18.6. The quantitative estimate of drug-likeness (QED) is 0.470. The van der Waals surface area contributed by atoms with E-state index < -0.39 is 17.6 Å². The van der Waals surface area contributed by atoms with E-state index in [1.165, 1.54) is 6.42 Å². The Morgan fingerprint density at radius 1 is 1.06 bits per heavy atom. The van der Waals surface area contributed by atoms with Gasteiger partial charge in [0.2, 0.25) is 0 Å². The summed E-state index contributed by atoms with van der Waals surface area (Å²) in [7, 11) is 0. The van der Waals surface area contributed by atoms with E-state index >= 15 is 0 Å². The maximum atomic E-state index is 13.5. The van der Waals surface area contributed by atoms with Gasteiger partial charge >= 0.3 is 17.9 Å². The summed E-state index contributed by atoms with van der Waals surface area (Å²) in [5.41, 5.74) is -0.392. The monoisotopic (exact) mass is 433 g/mol. The van der Waals surface area contributed by atoms with E-state index in [9.17, 15) is 14.4 Å². The van der Waals surface area contributed by atoms with Crippen LogP contribution in [0.1, 0.15) is 64.7 Å². The molecular weight excluding hydrogens is 398 g/mol. The first-order valence-electron chi connectivity index (χ1n) is 12.3. The number of carbonyl (C=O) groups is 3. The van der Waals surface area contributed by atoms with Crippen LogP contribution in [0.25, 0.3) is 0 Å². The Labute approximate surface area is 184 Å². The molecule has 2 saturated heterocycles. The van der Waals surface area contributed by atoms with Crippen LogP contribution in [-0.4, -0.2) is 60.8 Å². The van der Waals surface area contributed by atoms with Crippen LogP contribution in [0.5, 0.6) is 0 Å². The van der Waals surface area contributed by atoms with E-state index in [2.05, 4.69) is 11.8 Å². The SMILES string of the molecule is CCC1(OC(=O)C2C3CC(C4COC(=O)C43)C2OC(=O)CN2CCCCC2)CCCC1. The molecular formula is C24H35NO6. The van der Waals surface area contributed by atoms with E-state index in [-0.39, 0.29) is 48.1 Å². The Hall–Kier alpha value is -1.63. The Morgan fingerprint density at radius 3 is 2.52 bits per heavy atom. The Bertz CT molecular complexity index is 726. The third-order valence-electron chi connectivity index (χ3n) is 8.76. The second-order valence-electron chi connectivity index (χ2n) is 10.4. The molecule has 0 amide bonds. The molecule has 0 aromatic rings. The van der Waals surface area contributed by atoms with Gasteiger partial charge in [0, 0.05) is 11.8 Å². The van der Waals surface area contributed by atoms with Gasteiger partial charge in [0.05, 0.1) is 25.0 Å². The molecule has 7 heteroatoms. The normalized spacial score (nSPS) is 38.7. The molecule has 0 spiro atoms. The van der Waals surface area contributed by atoms with Gasteiger partial charge in [-0.15, -0.1) is 0 Å². The number of ether oxygens (including phenoxy) is 3. The lowest BCUT2D eigenvalue weighted by Crippen LogP contribution is -2.48. The van der Waals surface area contributed by atoms with Gasteiger partial charge in [-0.25, -0.2) is 0 Å². The molecule has 0 N–H and O–H groups in total. The minimum absolute atomic E-state index is 0.00506. The van der Waals surface area contributed by atoms with Crippen molar-refractivity contribution in [1.29, 1.82) is 0 Å². The van der Waals surface area contributed by atoms with Crippen LogP contribution in [0.2, 0.25) is 0 Å². The highest BCUT2D eigenvalue weighted by molar-refractivity contribution is 5.81. The first-order chi connectivity index (χ1) is 15.0. The maximum absolute atomic E-state index is 13.5. The lowest BCUT2D eigenvalue weighted by molar-refractivity contribution is -0.179. The minimum atomic E-state index is -0.550. The Balaban J connectivity index is 1.32. The highest BCUT2D eigenvalue weighted by Crippen LogP contribution is 2.59. The van der Waals surface area contributed by atoms with Crippen LogP contribution < -0.4 is 0 Å². The molecule has 172 valence electrons. The van der Waals surface area contributed by atoms with Crippen molar-refractivity contribution < 1.29 is 28.6 Å². The van der Waals surface area contributed by atoms with Crippen LogP contribution >= 0.6 is 0 Å². The summed E-state index contributed by atoms with van der Waals surface area (Å²) in [6, 6.07) is 0. The predicted molar refractivity (Wildman–Crippen MR) is 111 cm³/mol. The summed E-state index contributed by atoms with van der Waals surface area (Å²) < 4.78 is 17.5. The third kappa shape index (κ3) is 3.77. The molecule has 3 aliphatic carbocycles. The largest absolute Gasteiger partial charge is 0.465 e. The van der Waals surface area contributed by atoms with Crippen molar-refractivity contribution in [2.75, 3.05) is 26.2 Å². The topological polar surface area (TPSA) is 82.1 Å². The molecule has 3 saturated carbocycles. The fourth-order valence-electron chi connectivity index (χ4n) is 7.12. The van der Waals surface area contributed by atoms with Crippen molar-refractivity contribution in [2.45, 2.75) is 76.4 Å². The van der Waals surface area contributed by atoms with Crippen molar-refractivity contribution >= 4 is 17.9 Å². The molecule has 6 unspecified atom stereocenters. The van der Waals surface area contributed by atoms with Crippen molar-refractivity contribution in [3.63, 3.8) is 0 Å². The van der Waals surface area contributed by atoms with Gasteiger partial charge in [-0.2, -0.15) is 0 Å².